The molecule has 1 aromatic carbocycles. The summed E-state index contributed by atoms with van der Waals surface area (Å²) in [6.45, 7) is 3.87. The summed E-state index contributed by atoms with van der Waals surface area (Å²) in [6.07, 6.45) is -0.909. The Balaban J connectivity index is 1.73. The zero-order valence-corrected chi connectivity index (χ0v) is 15.2. The summed E-state index contributed by atoms with van der Waals surface area (Å²) in [5, 5.41) is 0. The van der Waals surface area contributed by atoms with E-state index in [0.29, 0.717) is 32.8 Å². The molecular formula is C18H25N3O5. The van der Waals surface area contributed by atoms with Crippen molar-refractivity contribution in [3.8, 4) is 0 Å². The van der Waals surface area contributed by atoms with Crippen LogP contribution < -0.4 is 0 Å². The van der Waals surface area contributed by atoms with Gasteiger partial charge in [-0.25, -0.2) is 9.59 Å². The molecule has 2 rings (SSSR count). The molecule has 0 unspecified atom stereocenters. The number of hydrogen-bond donors (Lipinski definition) is 0. The van der Waals surface area contributed by atoms with E-state index in [1.807, 2.05) is 30.3 Å². The van der Waals surface area contributed by atoms with Crippen molar-refractivity contribution >= 4 is 18.1 Å². The number of carbonyl (C=O) groups is 3. The number of nitrogens with zero attached hydrogens (tertiary/aromatic N) is 3. The van der Waals surface area contributed by atoms with Crippen LogP contribution in [0.15, 0.2) is 30.3 Å². The van der Waals surface area contributed by atoms with Gasteiger partial charge in [-0.1, -0.05) is 30.3 Å². The molecule has 8 nitrogen and oxygen atoms in total. The summed E-state index contributed by atoms with van der Waals surface area (Å²) in [7, 11) is 1.53. The largest absolute Gasteiger partial charge is 0.450 e. The van der Waals surface area contributed by atoms with Gasteiger partial charge < -0.3 is 24.2 Å². The van der Waals surface area contributed by atoms with Crippen molar-refractivity contribution in [3.05, 3.63) is 35.9 Å². The molecule has 1 fully saturated rings. The van der Waals surface area contributed by atoms with Crippen LogP contribution in [0.2, 0.25) is 0 Å². The van der Waals surface area contributed by atoms with E-state index >= 15 is 0 Å². The van der Waals surface area contributed by atoms with Crippen LogP contribution in [0.5, 0.6) is 0 Å². The minimum absolute atomic E-state index is 0.0625. The fourth-order valence-corrected chi connectivity index (χ4v) is 2.55. The van der Waals surface area contributed by atoms with Crippen LogP contribution in [-0.4, -0.2) is 79.2 Å². The second kappa shape index (κ2) is 9.65. The third-order valence-electron chi connectivity index (χ3n) is 4.05. The molecule has 0 radical (unpaired) electrons. The standard InChI is InChI=1S/C18H25N3O5/c1-3-25-18(24)21-11-9-20(10-12-21)16(22)13-19(2)17(23)26-14-15-7-5-4-6-8-15/h4-8H,3,9-14H2,1-2H3. The predicted molar refractivity (Wildman–Crippen MR) is 94.4 cm³/mol. The number of rotatable bonds is 5. The fourth-order valence-electron chi connectivity index (χ4n) is 2.55. The Morgan fingerprint density at radius 1 is 1.00 bits per heavy atom. The Labute approximate surface area is 153 Å². The van der Waals surface area contributed by atoms with Gasteiger partial charge in [-0.15, -0.1) is 0 Å². The average Bonchev–Trinajstić information content (AvgIpc) is 2.67. The monoisotopic (exact) mass is 363 g/mol. The van der Waals surface area contributed by atoms with Crippen LogP contribution in [0.25, 0.3) is 0 Å². The topological polar surface area (TPSA) is 79.4 Å². The normalized spacial score (nSPS) is 13.9. The average molecular weight is 363 g/mol. The van der Waals surface area contributed by atoms with E-state index in [4.69, 9.17) is 9.47 Å². The Morgan fingerprint density at radius 2 is 1.62 bits per heavy atom. The molecular weight excluding hydrogens is 338 g/mol. The highest BCUT2D eigenvalue weighted by Gasteiger charge is 2.26. The molecule has 142 valence electrons. The second-order valence-electron chi connectivity index (χ2n) is 5.96. The number of hydrogen-bond acceptors (Lipinski definition) is 5. The maximum Gasteiger partial charge on any atom is 0.410 e. The van der Waals surface area contributed by atoms with Crippen LogP contribution in [0.3, 0.4) is 0 Å². The van der Waals surface area contributed by atoms with Gasteiger partial charge in [0.25, 0.3) is 0 Å². The van der Waals surface area contributed by atoms with Gasteiger partial charge in [0.1, 0.15) is 13.2 Å². The molecule has 8 heteroatoms. The summed E-state index contributed by atoms with van der Waals surface area (Å²) < 4.78 is 10.2. The molecule has 0 aliphatic carbocycles. The third kappa shape index (κ3) is 5.65. The van der Waals surface area contributed by atoms with E-state index in [1.54, 1.807) is 16.7 Å². The molecule has 1 aliphatic heterocycles. The Morgan fingerprint density at radius 3 is 2.23 bits per heavy atom. The Bertz CT molecular complexity index is 615. The number of piperazine rings is 1. The SMILES string of the molecule is CCOC(=O)N1CCN(C(=O)CN(C)C(=O)OCc2ccccc2)CC1. The Hall–Kier alpha value is -2.77. The summed E-state index contributed by atoms with van der Waals surface area (Å²) in [5.41, 5.74) is 0.885. The van der Waals surface area contributed by atoms with Crippen molar-refractivity contribution in [2.24, 2.45) is 0 Å². The van der Waals surface area contributed by atoms with Crippen molar-refractivity contribution < 1.29 is 23.9 Å². The first-order valence-electron chi connectivity index (χ1n) is 8.62. The molecule has 1 aliphatic rings. The van der Waals surface area contributed by atoms with Gasteiger partial charge >= 0.3 is 12.2 Å². The van der Waals surface area contributed by atoms with Gasteiger partial charge in [-0.2, -0.15) is 0 Å². The first-order valence-corrected chi connectivity index (χ1v) is 8.62. The fraction of sp³-hybridized carbons (Fsp3) is 0.500. The van der Waals surface area contributed by atoms with Crippen LogP contribution in [0.1, 0.15) is 12.5 Å². The highest BCUT2D eigenvalue weighted by Crippen LogP contribution is 2.06. The minimum Gasteiger partial charge on any atom is -0.450 e. The highest BCUT2D eigenvalue weighted by atomic mass is 16.6. The molecule has 1 saturated heterocycles. The molecule has 1 aromatic rings. The van der Waals surface area contributed by atoms with Crippen LogP contribution >= 0.6 is 0 Å². The summed E-state index contributed by atoms with van der Waals surface area (Å²) >= 11 is 0. The van der Waals surface area contributed by atoms with E-state index in [0.717, 1.165) is 5.56 Å². The highest BCUT2D eigenvalue weighted by molar-refractivity contribution is 5.82. The van der Waals surface area contributed by atoms with Gasteiger partial charge in [0.15, 0.2) is 0 Å². The molecule has 0 atom stereocenters. The van der Waals surface area contributed by atoms with Gasteiger partial charge in [-0.05, 0) is 12.5 Å². The number of benzene rings is 1. The zero-order chi connectivity index (χ0) is 18.9. The van der Waals surface area contributed by atoms with Crippen molar-refractivity contribution in [1.82, 2.24) is 14.7 Å². The lowest BCUT2D eigenvalue weighted by Crippen LogP contribution is -2.52. The van der Waals surface area contributed by atoms with E-state index in [-0.39, 0.29) is 25.2 Å². The van der Waals surface area contributed by atoms with E-state index in [9.17, 15) is 14.4 Å². The van der Waals surface area contributed by atoms with Gasteiger partial charge in [0, 0.05) is 33.2 Å². The van der Waals surface area contributed by atoms with Crippen molar-refractivity contribution in [3.63, 3.8) is 0 Å². The first-order chi connectivity index (χ1) is 12.5. The van der Waals surface area contributed by atoms with Crippen LogP contribution in [-0.2, 0) is 20.9 Å². The zero-order valence-electron chi connectivity index (χ0n) is 15.2. The predicted octanol–water partition coefficient (Wildman–Crippen LogP) is 1.56. The van der Waals surface area contributed by atoms with Crippen LogP contribution in [0, 0.1) is 0 Å². The van der Waals surface area contributed by atoms with Crippen LogP contribution in [0.4, 0.5) is 9.59 Å². The smallest absolute Gasteiger partial charge is 0.410 e. The first kappa shape index (κ1) is 19.6. The van der Waals surface area contributed by atoms with E-state index < -0.39 is 6.09 Å². The number of carbonyl (C=O) groups excluding carboxylic acids is 3. The van der Waals surface area contributed by atoms with Crippen molar-refractivity contribution in [1.29, 1.82) is 0 Å². The van der Waals surface area contributed by atoms with Crippen molar-refractivity contribution in [2.75, 3.05) is 46.4 Å². The van der Waals surface area contributed by atoms with E-state index in [2.05, 4.69) is 0 Å². The lowest BCUT2D eigenvalue weighted by Gasteiger charge is -2.34. The molecule has 26 heavy (non-hydrogen) atoms. The quantitative estimate of drug-likeness (QED) is 0.793. The Kier molecular flexibility index (Phi) is 7.25. The maximum atomic E-state index is 12.3. The molecule has 3 amide bonds. The van der Waals surface area contributed by atoms with Crippen molar-refractivity contribution in [2.45, 2.75) is 13.5 Å². The third-order valence-corrected chi connectivity index (χ3v) is 4.05. The molecule has 0 saturated carbocycles. The lowest BCUT2D eigenvalue weighted by molar-refractivity contribution is -0.133. The number of likely N-dealkylation sites (N-methyl/N-ethyl adjacent to an activating group) is 1. The molecule has 0 N–H and O–H groups in total. The second-order valence-corrected chi connectivity index (χ2v) is 5.96. The van der Waals surface area contributed by atoms with Gasteiger partial charge in [0.2, 0.25) is 5.91 Å². The van der Waals surface area contributed by atoms with Gasteiger partial charge in [0.05, 0.1) is 6.61 Å². The lowest BCUT2D eigenvalue weighted by atomic mass is 10.2. The summed E-state index contributed by atoms with van der Waals surface area (Å²) in [4.78, 5) is 40.5. The van der Waals surface area contributed by atoms with E-state index in [1.165, 1.54) is 11.9 Å². The van der Waals surface area contributed by atoms with Gasteiger partial charge in [-0.3, -0.25) is 4.79 Å². The number of ether oxygens (including phenoxy) is 2. The summed E-state index contributed by atoms with van der Waals surface area (Å²) in [5.74, 6) is -0.173. The maximum absolute atomic E-state index is 12.3. The minimum atomic E-state index is -0.549. The molecule has 0 aromatic heterocycles. The number of amides is 3. The molecule has 1 heterocycles. The summed E-state index contributed by atoms with van der Waals surface area (Å²) in [6, 6.07) is 9.35. The molecule has 0 bridgehead atoms. The molecule has 0 spiro atoms.